The predicted octanol–water partition coefficient (Wildman–Crippen LogP) is 0.595. The number of nitrogens with zero attached hydrogens (tertiary/aromatic N) is 3. The summed E-state index contributed by atoms with van der Waals surface area (Å²) >= 11 is 0. The number of aromatic nitrogens is 3. The minimum absolute atomic E-state index is 0.0864. The first-order chi connectivity index (χ1) is 7.20. The highest BCUT2D eigenvalue weighted by atomic mass is 19.1. The molecule has 6 heteroatoms. The summed E-state index contributed by atoms with van der Waals surface area (Å²) in [4.78, 5) is 0. The van der Waals surface area contributed by atoms with Gasteiger partial charge in [0.1, 0.15) is 6.17 Å². The van der Waals surface area contributed by atoms with Crippen molar-refractivity contribution < 1.29 is 14.2 Å². The highest BCUT2D eigenvalue weighted by Crippen LogP contribution is 2.28. The van der Waals surface area contributed by atoms with Crippen LogP contribution in [0.25, 0.3) is 0 Å². The average molecular weight is 215 g/mol. The molecule has 15 heavy (non-hydrogen) atoms. The zero-order valence-electron chi connectivity index (χ0n) is 8.51. The molecule has 3 atom stereocenters. The van der Waals surface area contributed by atoms with E-state index in [0.717, 1.165) is 5.69 Å². The van der Waals surface area contributed by atoms with Gasteiger partial charge in [0.2, 0.25) is 0 Å². The fourth-order valence-corrected chi connectivity index (χ4v) is 1.69. The van der Waals surface area contributed by atoms with Crippen LogP contribution in [0.5, 0.6) is 0 Å². The summed E-state index contributed by atoms with van der Waals surface area (Å²) in [6.07, 6.45) is 0.422. The molecule has 1 aromatic rings. The largest absolute Gasteiger partial charge is 0.394 e. The van der Waals surface area contributed by atoms with Crippen LogP contribution in [-0.2, 0) is 4.74 Å². The quantitative estimate of drug-likeness (QED) is 0.784. The predicted molar refractivity (Wildman–Crippen MR) is 49.9 cm³/mol. The minimum Gasteiger partial charge on any atom is -0.394 e. The van der Waals surface area contributed by atoms with Crippen molar-refractivity contribution in [2.24, 2.45) is 0 Å². The van der Waals surface area contributed by atoms with Crippen molar-refractivity contribution in [3.8, 4) is 0 Å². The molecule has 2 rings (SSSR count). The molecule has 1 aromatic heterocycles. The Morgan fingerprint density at radius 1 is 1.67 bits per heavy atom. The normalized spacial score (nSPS) is 31.8. The van der Waals surface area contributed by atoms with E-state index >= 15 is 0 Å². The summed E-state index contributed by atoms with van der Waals surface area (Å²) in [5.74, 6) is 0. The maximum atomic E-state index is 13.6. The highest BCUT2D eigenvalue weighted by molar-refractivity contribution is 4.89. The maximum Gasteiger partial charge on any atom is 0.183 e. The van der Waals surface area contributed by atoms with E-state index in [0.29, 0.717) is 12.8 Å². The first-order valence-corrected chi connectivity index (χ1v) is 4.99. The van der Waals surface area contributed by atoms with Crippen LogP contribution in [0.4, 0.5) is 4.39 Å². The third-order valence-electron chi connectivity index (χ3n) is 2.49. The number of hydrogen-bond acceptors (Lipinski definition) is 4. The van der Waals surface area contributed by atoms with Crippen molar-refractivity contribution in [1.82, 2.24) is 15.0 Å². The summed E-state index contributed by atoms with van der Waals surface area (Å²) in [6.45, 7) is 1.69. The van der Waals surface area contributed by atoms with Crippen molar-refractivity contribution in [3.63, 3.8) is 0 Å². The Hall–Kier alpha value is -1.01. The van der Waals surface area contributed by atoms with E-state index in [9.17, 15) is 4.39 Å². The van der Waals surface area contributed by atoms with Gasteiger partial charge in [0, 0.05) is 0 Å². The minimum atomic E-state index is -1.09. The van der Waals surface area contributed by atoms with Crippen LogP contribution in [0.1, 0.15) is 24.8 Å². The van der Waals surface area contributed by atoms with Gasteiger partial charge in [-0.2, -0.15) is 0 Å². The van der Waals surface area contributed by atoms with E-state index in [4.69, 9.17) is 9.84 Å². The monoisotopic (exact) mass is 215 g/mol. The smallest absolute Gasteiger partial charge is 0.183 e. The summed E-state index contributed by atoms with van der Waals surface area (Å²) in [5.41, 5.74) is 0.719. The number of hydrogen-bond donors (Lipinski definition) is 1. The fourth-order valence-electron chi connectivity index (χ4n) is 1.69. The van der Waals surface area contributed by atoms with Gasteiger partial charge in [0.15, 0.2) is 6.23 Å². The molecule has 0 radical (unpaired) electrons. The first kappa shape index (κ1) is 10.5. The molecule has 1 aliphatic heterocycles. The molecule has 2 unspecified atom stereocenters. The number of aliphatic hydroxyl groups excluding tert-OH is 1. The molecule has 84 valence electrons. The lowest BCUT2D eigenvalue weighted by atomic mass is 10.1. The van der Waals surface area contributed by atoms with Crippen LogP contribution in [0.15, 0.2) is 6.20 Å². The third-order valence-corrected chi connectivity index (χ3v) is 2.49. The van der Waals surface area contributed by atoms with Crippen molar-refractivity contribution in [3.05, 3.63) is 11.9 Å². The summed E-state index contributed by atoms with van der Waals surface area (Å²) in [5, 5.41) is 16.5. The third kappa shape index (κ3) is 2.15. The second-order valence-corrected chi connectivity index (χ2v) is 3.76. The van der Waals surface area contributed by atoms with Crippen molar-refractivity contribution >= 4 is 0 Å². The van der Waals surface area contributed by atoms with Crippen LogP contribution in [0.3, 0.4) is 0 Å². The van der Waals surface area contributed by atoms with Crippen LogP contribution >= 0.6 is 0 Å². The van der Waals surface area contributed by atoms with Crippen LogP contribution in [-0.4, -0.2) is 39.0 Å². The van der Waals surface area contributed by atoms with Crippen LogP contribution < -0.4 is 0 Å². The molecular weight excluding hydrogens is 201 g/mol. The van der Waals surface area contributed by atoms with Gasteiger partial charge in [-0.1, -0.05) is 5.21 Å². The zero-order valence-corrected chi connectivity index (χ0v) is 8.51. The molecule has 5 nitrogen and oxygen atoms in total. The number of ether oxygens (including phenoxy) is 1. The average Bonchev–Trinajstić information content (AvgIpc) is 2.65. The van der Waals surface area contributed by atoms with Gasteiger partial charge in [0.05, 0.1) is 24.6 Å². The van der Waals surface area contributed by atoms with Gasteiger partial charge in [-0.3, -0.25) is 0 Å². The van der Waals surface area contributed by atoms with Gasteiger partial charge < -0.3 is 9.84 Å². The Labute approximate surface area is 86.8 Å². The molecule has 2 heterocycles. The molecule has 1 aliphatic rings. The number of alkyl halides is 1. The van der Waals surface area contributed by atoms with Gasteiger partial charge in [-0.25, -0.2) is 9.07 Å². The van der Waals surface area contributed by atoms with E-state index in [-0.39, 0.29) is 12.7 Å². The number of aryl methyl sites for hydroxylation is 1. The van der Waals surface area contributed by atoms with Gasteiger partial charge in [-0.15, -0.1) is 5.10 Å². The number of rotatable bonds is 2. The molecule has 0 amide bonds. The second-order valence-electron chi connectivity index (χ2n) is 3.76. The lowest BCUT2D eigenvalue weighted by molar-refractivity contribution is -0.148. The zero-order chi connectivity index (χ0) is 10.8. The molecule has 1 saturated heterocycles. The molecule has 0 aromatic carbocycles. The lowest BCUT2D eigenvalue weighted by Crippen LogP contribution is -2.36. The first-order valence-electron chi connectivity index (χ1n) is 4.99. The molecule has 0 saturated carbocycles. The number of aliphatic hydroxyl groups is 1. The number of halogens is 1. The molecule has 0 bridgehead atoms. The van der Waals surface area contributed by atoms with Crippen LogP contribution in [0, 0.1) is 6.92 Å². The second kappa shape index (κ2) is 4.24. The van der Waals surface area contributed by atoms with E-state index < -0.39 is 12.4 Å². The van der Waals surface area contributed by atoms with Crippen LogP contribution in [0.2, 0.25) is 0 Å². The van der Waals surface area contributed by atoms with E-state index in [1.165, 1.54) is 4.68 Å². The topological polar surface area (TPSA) is 60.2 Å². The Morgan fingerprint density at radius 3 is 3.07 bits per heavy atom. The Balaban J connectivity index is 2.12. The molecular formula is C9H14FN3O2. The van der Waals surface area contributed by atoms with Crippen molar-refractivity contribution in [1.29, 1.82) is 0 Å². The summed E-state index contributed by atoms with van der Waals surface area (Å²) < 4.78 is 20.3. The highest BCUT2D eigenvalue weighted by Gasteiger charge is 2.32. The Kier molecular flexibility index (Phi) is 2.97. The van der Waals surface area contributed by atoms with Crippen molar-refractivity contribution in [2.45, 2.75) is 38.3 Å². The fraction of sp³-hybridized carbons (Fsp3) is 0.778. The molecule has 1 fully saturated rings. The standard InChI is InChI=1S/C9H14FN3O2/c1-6-4-13(12-11-6)9-8(10)3-2-7(5-14)15-9/h4,7-9,14H,2-3,5H2,1H3/t7?,8-,9?/m0/s1. The van der Waals surface area contributed by atoms with Crippen molar-refractivity contribution in [2.75, 3.05) is 6.61 Å². The van der Waals surface area contributed by atoms with E-state index in [2.05, 4.69) is 10.3 Å². The molecule has 0 aliphatic carbocycles. The van der Waals surface area contributed by atoms with Gasteiger partial charge >= 0.3 is 0 Å². The van der Waals surface area contributed by atoms with E-state index in [1.807, 2.05) is 0 Å². The lowest BCUT2D eigenvalue weighted by Gasteiger charge is -2.31. The van der Waals surface area contributed by atoms with Gasteiger partial charge in [-0.05, 0) is 19.8 Å². The Morgan fingerprint density at radius 2 is 2.47 bits per heavy atom. The summed E-state index contributed by atoms with van der Waals surface area (Å²) in [7, 11) is 0. The maximum absolute atomic E-state index is 13.6. The SMILES string of the molecule is Cc1cn(C2OC(CO)CC[C@@H]2F)nn1. The van der Waals surface area contributed by atoms with Gasteiger partial charge in [0.25, 0.3) is 0 Å². The summed E-state index contributed by atoms with van der Waals surface area (Å²) in [6, 6.07) is 0. The molecule has 0 spiro atoms. The Bertz CT molecular complexity index is 331. The van der Waals surface area contributed by atoms with E-state index in [1.54, 1.807) is 13.1 Å². The molecule has 1 N–H and O–H groups in total.